The van der Waals surface area contributed by atoms with E-state index in [1.165, 1.54) is 0 Å². The molecule has 1 aliphatic rings. The Morgan fingerprint density at radius 3 is 2.82 bits per heavy atom. The number of hydrogen-bond acceptors (Lipinski definition) is 2. The van der Waals surface area contributed by atoms with Gasteiger partial charge in [0, 0.05) is 31.7 Å². The summed E-state index contributed by atoms with van der Waals surface area (Å²) in [7, 11) is 0. The Hall–Kier alpha value is -1.61. The van der Waals surface area contributed by atoms with E-state index in [1.54, 1.807) is 11.0 Å². The summed E-state index contributed by atoms with van der Waals surface area (Å²) in [5, 5.41) is 9.02. The van der Waals surface area contributed by atoms with Crippen LogP contribution in [0.3, 0.4) is 0 Å². The van der Waals surface area contributed by atoms with Crippen LogP contribution in [0, 0.1) is 5.92 Å². The summed E-state index contributed by atoms with van der Waals surface area (Å²) in [6.07, 6.45) is 4.34. The van der Waals surface area contributed by atoms with Gasteiger partial charge in [0.15, 0.2) is 0 Å². The summed E-state index contributed by atoms with van der Waals surface area (Å²) in [6, 6.07) is 9.77. The molecule has 1 aromatic rings. The molecule has 1 fully saturated rings. The van der Waals surface area contributed by atoms with Crippen molar-refractivity contribution in [2.45, 2.75) is 6.42 Å². The summed E-state index contributed by atoms with van der Waals surface area (Å²) in [6.45, 7) is 1.60. The van der Waals surface area contributed by atoms with Crippen molar-refractivity contribution in [1.82, 2.24) is 4.90 Å². The van der Waals surface area contributed by atoms with Gasteiger partial charge >= 0.3 is 0 Å². The fourth-order valence-electron chi connectivity index (χ4n) is 2.02. The largest absolute Gasteiger partial charge is 0.396 e. The van der Waals surface area contributed by atoms with Gasteiger partial charge in [0.25, 0.3) is 0 Å². The lowest BCUT2D eigenvalue weighted by Crippen LogP contribution is -2.27. The zero-order valence-corrected chi connectivity index (χ0v) is 9.75. The van der Waals surface area contributed by atoms with E-state index in [4.69, 9.17) is 5.11 Å². The standard InChI is InChI=1S/C14H17NO2/c16-11-13-8-9-15(10-13)14(17)7-6-12-4-2-1-3-5-12/h1-7,13,16H,8-11H2. The number of benzene rings is 1. The first kappa shape index (κ1) is 11.9. The van der Waals surface area contributed by atoms with Crippen LogP contribution >= 0.6 is 0 Å². The fourth-order valence-corrected chi connectivity index (χ4v) is 2.02. The molecule has 1 atom stereocenters. The van der Waals surface area contributed by atoms with E-state index in [-0.39, 0.29) is 18.4 Å². The molecule has 0 bridgehead atoms. The van der Waals surface area contributed by atoms with Crippen LogP contribution in [0.15, 0.2) is 36.4 Å². The molecular weight excluding hydrogens is 214 g/mol. The van der Waals surface area contributed by atoms with Crippen molar-refractivity contribution >= 4 is 12.0 Å². The zero-order valence-electron chi connectivity index (χ0n) is 9.75. The van der Waals surface area contributed by atoms with Crippen molar-refractivity contribution in [1.29, 1.82) is 0 Å². The Bertz CT molecular complexity index is 400. The lowest BCUT2D eigenvalue weighted by atomic mass is 10.1. The third-order valence-electron chi connectivity index (χ3n) is 3.07. The lowest BCUT2D eigenvalue weighted by molar-refractivity contribution is -0.125. The van der Waals surface area contributed by atoms with Gasteiger partial charge in [-0.25, -0.2) is 0 Å². The minimum Gasteiger partial charge on any atom is -0.396 e. The number of rotatable bonds is 3. The molecule has 1 heterocycles. The second-order valence-corrected chi connectivity index (χ2v) is 4.37. The van der Waals surface area contributed by atoms with Crippen molar-refractivity contribution < 1.29 is 9.90 Å². The highest BCUT2D eigenvalue weighted by molar-refractivity contribution is 5.91. The third-order valence-corrected chi connectivity index (χ3v) is 3.07. The van der Waals surface area contributed by atoms with Crippen molar-refractivity contribution in [3.8, 4) is 0 Å². The number of likely N-dealkylation sites (tertiary alicyclic amines) is 1. The molecule has 3 nitrogen and oxygen atoms in total. The maximum atomic E-state index is 11.8. The van der Waals surface area contributed by atoms with Crippen molar-refractivity contribution in [2.75, 3.05) is 19.7 Å². The van der Waals surface area contributed by atoms with Crippen molar-refractivity contribution in [3.05, 3.63) is 42.0 Å². The molecule has 0 aliphatic carbocycles. The van der Waals surface area contributed by atoms with Crippen LogP contribution < -0.4 is 0 Å². The summed E-state index contributed by atoms with van der Waals surface area (Å²) >= 11 is 0. The number of nitrogens with zero attached hydrogens (tertiary/aromatic N) is 1. The first-order chi connectivity index (χ1) is 8.29. The summed E-state index contributed by atoms with van der Waals surface area (Å²) < 4.78 is 0. The third kappa shape index (κ3) is 3.17. The molecular formula is C14H17NO2. The molecule has 0 aromatic heterocycles. The van der Waals surface area contributed by atoms with Gasteiger partial charge in [-0.2, -0.15) is 0 Å². The maximum Gasteiger partial charge on any atom is 0.246 e. The van der Waals surface area contributed by atoms with Crippen LogP contribution in [-0.2, 0) is 4.79 Å². The Balaban J connectivity index is 1.92. The topological polar surface area (TPSA) is 40.5 Å². The Labute approximate surface area is 101 Å². The average Bonchev–Trinajstić information content (AvgIpc) is 2.86. The van der Waals surface area contributed by atoms with Gasteiger partial charge in [-0.05, 0) is 18.1 Å². The molecule has 3 heteroatoms. The fraction of sp³-hybridized carbons (Fsp3) is 0.357. The van der Waals surface area contributed by atoms with Crippen LogP contribution in [-0.4, -0.2) is 35.6 Å². The van der Waals surface area contributed by atoms with E-state index >= 15 is 0 Å². The first-order valence-electron chi connectivity index (χ1n) is 5.92. The molecule has 1 unspecified atom stereocenters. The predicted octanol–water partition coefficient (Wildman–Crippen LogP) is 1.54. The van der Waals surface area contributed by atoms with E-state index in [1.807, 2.05) is 36.4 Å². The number of carbonyl (C=O) groups is 1. The van der Waals surface area contributed by atoms with Gasteiger partial charge in [-0.15, -0.1) is 0 Å². The molecule has 1 N–H and O–H groups in total. The van der Waals surface area contributed by atoms with Gasteiger partial charge in [0.05, 0.1) is 0 Å². The summed E-state index contributed by atoms with van der Waals surface area (Å²) in [5.74, 6) is 0.286. The lowest BCUT2D eigenvalue weighted by Gasteiger charge is -2.13. The van der Waals surface area contributed by atoms with E-state index in [9.17, 15) is 4.79 Å². The predicted molar refractivity (Wildman–Crippen MR) is 67.2 cm³/mol. The van der Waals surface area contributed by atoms with E-state index in [0.717, 1.165) is 18.5 Å². The van der Waals surface area contributed by atoms with Gasteiger partial charge in [-0.3, -0.25) is 4.79 Å². The molecule has 0 spiro atoms. The highest BCUT2D eigenvalue weighted by Gasteiger charge is 2.23. The van der Waals surface area contributed by atoms with Gasteiger partial charge in [0.2, 0.25) is 5.91 Å². The van der Waals surface area contributed by atoms with Gasteiger partial charge < -0.3 is 10.0 Å². The average molecular weight is 231 g/mol. The second kappa shape index (κ2) is 5.64. The zero-order chi connectivity index (χ0) is 12.1. The molecule has 0 radical (unpaired) electrons. The Morgan fingerprint density at radius 2 is 2.18 bits per heavy atom. The number of carbonyl (C=O) groups excluding carboxylic acids is 1. The highest BCUT2D eigenvalue weighted by atomic mass is 16.3. The minimum atomic E-state index is 0.0322. The smallest absolute Gasteiger partial charge is 0.246 e. The molecule has 2 rings (SSSR count). The van der Waals surface area contributed by atoms with Gasteiger partial charge in [-0.1, -0.05) is 30.3 Å². The van der Waals surface area contributed by atoms with Crippen LogP contribution in [0.2, 0.25) is 0 Å². The number of aliphatic hydroxyl groups is 1. The second-order valence-electron chi connectivity index (χ2n) is 4.37. The van der Waals surface area contributed by atoms with E-state index in [0.29, 0.717) is 6.54 Å². The number of amides is 1. The molecule has 1 amide bonds. The van der Waals surface area contributed by atoms with E-state index < -0.39 is 0 Å². The molecule has 1 aliphatic heterocycles. The minimum absolute atomic E-state index is 0.0322. The number of hydrogen-bond donors (Lipinski definition) is 1. The molecule has 17 heavy (non-hydrogen) atoms. The van der Waals surface area contributed by atoms with Crippen LogP contribution in [0.5, 0.6) is 0 Å². The monoisotopic (exact) mass is 231 g/mol. The maximum absolute atomic E-state index is 11.8. The van der Waals surface area contributed by atoms with Crippen molar-refractivity contribution in [2.24, 2.45) is 5.92 Å². The first-order valence-corrected chi connectivity index (χ1v) is 5.92. The highest BCUT2D eigenvalue weighted by Crippen LogP contribution is 2.15. The van der Waals surface area contributed by atoms with Gasteiger partial charge in [0.1, 0.15) is 0 Å². The Kier molecular flexibility index (Phi) is 3.94. The van der Waals surface area contributed by atoms with Crippen LogP contribution in [0.4, 0.5) is 0 Å². The Morgan fingerprint density at radius 1 is 1.41 bits per heavy atom. The van der Waals surface area contributed by atoms with Crippen molar-refractivity contribution in [3.63, 3.8) is 0 Å². The molecule has 90 valence electrons. The molecule has 0 saturated carbocycles. The number of aliphatic hydroxyl groups excluding tert-OH is 1. The van der Waals surface area contributed by atoms with Crippen LogP contribution in [0.25, 0.3) is 6.08 Å². The summed E-state index contributed by atoms with van der Waals surface area (Å²) in [5.41, 5.74) is 1.03. The quantitative estimate of drug-likeness (QED) is 0.802. The normalized spacial score (nSPS) is 20.1. The van der Waals surface area contributed by atoms with Crippen LogP contribution in [0.1, 0.15) is 12.0 Å². The van der Waals surface area contributed by atoms with E-state index in [2.05, 4.69) is 0 Å². The SMILES string of the molecule is O=C(C=Cc1ccccc1)N1CCC(CO)C1. The molecule has 1 aromatic carbocycles. The molecule has 1 saturated heterocycles. The summed E-state index contributed by atoms with van der Waals surface area (Å²) in [4.78, 5) is 13.6.